The van der Waals surface area contributed by atoms with Crippen LogP contribution in [0, 0.1) is 0 Å². The van der Waals surface area contributed by atoms with Gasteiger partial charge in [-0.25, -0.2) is 10.4 Å². The van der Waals surface area contributed by atoms with Crippen LogP contribution in [0.5, 0.6) is 0 Å². The topological polar surface area (TPSA) is 57.6 Å². The van der Waals surface area contributed by atoms with Gasteiger partial charge in [0.2, 0.25) is 0 Å². The van der Waals surface area contributed by atoms with Crippen LogP contribution >= 0.6 is 27.5 Å². The van der Waals surface area contributed by atoms with Crippen molar-refractivity contribution in [3.63, 3.8) is 0 Å². The van der Waals surface area contributed by atoms with Gasteiger partial charge in [0.15, 0.2) is 0 Å². The predicted octanol–water partition coefficient (Wildman–Crippen LogP) is 3.33. The Balaban J connectivity index is 2.05. The minimum Gasteiger partial charge on any atom is -0.377 e. The lowest BCUT2D eigenvalue weighted by molar-refractivity contribution is 0.0955. The molecule has 1 aromatic carbocycles. The number of hydrogen-bond acceptors (Lipinski definition) is 4. The Morgan fingerprint density at radius 1 is 1.41 bits per heavy atom. The molecule has 2 aromatic rings. The van der Waals surface area contributed by atoms with Crippen LogP contribution in [0.25, 0.3) is 0 Å². The van der Waals surface area contributed by atoms with Gasteiger partial charge in [-0.15, -0.1) is 0 Å². The summed E-state index contributed by atoms with van der Waals surface area (Å²) < 4.78 is 0.947. The molecule has 0 bridgehead atoms. The van der Waals surface area contributed by atoms with Crippen molar-refractivity contribution in [3.8, 4) is 0 Å². The Kier molecular flexibility index (Phi) is 5.51. The lowest BCUT2D eigenvalue weighted by Gasteiger charge is -2.14. The third-order valence-electron chi connectivity index (χ3n) is 2.84. The SMILES string of the molecule is CN(C)c1ccc(C=NNC(=O)c2cccnc2Cl)cc1Br. The quantitative estimate of drug-likeness (QED) is 0.502. The Bertz CT molecular complexity index is 718. The van der Waals surface area contributed by atoms with Crippen LogP contribution in [0.3, 0.4) is 0 Å². The van der Waals surface area contributed by atoms with Crippen molar-refractivity contribution >= 4 is 45.3 Å². The number of nitrogens with one attached hydrogen (secondary N) is 1. The molecular formula is C15H14BrClN4O. The van der Waals surface area contributed by atoms with E-state index in [1.165, 1.54) is 6.20 Å². The second kappa shape index (κ2) is 7.38. The molecule has 1 amide bonds. The maximum Gasteiger partial charge on any atom is 0.274 e. The van der Waals surface area contributed by atoms with Gasteiger partial charge in [-0.3, -0.25) is 4.79 Å². The number of carbonyl (C=O) groups is 1. The van der Waals surface area contributed by atoms with E-state index >= 15 is 0 Å². The highest BCUT2D eigenvalue weighted by molar-refractivity contribution is 9.10. The van der Waals surface area contributed by atoms with Crippen LogP contribution in [0.4, 0.5) is 5.69 Å². The molecule has 0 radical (unpaired) electrons. The van der Waals surface area contributed by atoms with Gasteiger partial charge in [0.05, 0.1) is 17.5 Å². The van der Waals surface area contributed by atoms with E-state index in [9.17, 15) is 4.79 Å². The average Bonchev–Trinajstić information content (AvgIpc) is 2.47. The second-order valence-electron chi connectivity index (χ2n) is 4.65. The van der Waals surface area contributed by atoms with Crippen molar-refractivity contribution < 1.29 is 4.79 Å². The smallest absolute Gasteiger partial charge is 0.274 e. The minimum absolute atomic E-state index is 0.147. The first-order valence-electron chi connectivity index (χ1n) is 6.40. The molecule has 0 atom stereocenters. The third-order valence-corrected chi connectivity index (χ3v) is 3.77. The van der Waals surface area contributed by atoms with Gasteiger partial charge in [0, 0.05) is 24.8 Å². The van der Waals surface area contributed by atoms with E-state index < -0.39 is 5.91 Å². The van der Waals surface area contributed by atoms with E-state index in [0.29, 0.717) is 0 Å². The molecule has 0 aliphatic rings. The summed E-state index contributed by atoms with van der Waals surface area (Å²) in [5.74, 6) is -0.404. The lowest BCUT2D eigenvalue weighted by atomic mass is 10.2. The molecule has 0 fully saturated rings. The van der Waals surface area contributed by atoms with Gasteiger partial charge >= 0.3 is 0 Å². The van der Waals surface area contributed by atoms with Gasteiger partial charge in [0.25, 0.3) is 5.91 Å². The zero-order chi connectivity index (χ0) is 16.1. The number of anilines is 1. The Morgan fingerprint density at radius 3 is 2.82 bits per heavy atom. The van der Waals surface area contributed by atoms with Crippen LogP contribution in [0.2, 0.25) is 5.15 Å². The van der Waals surface area contributed by atoms with E-state index in [-0.39, 0.29) is 10.7 Å². The molecule has 114 valence electrons. The van der Waals surface area contributed by atoms with E-state index in [1.807, 2.05) is 37.2 Å². The number of aromatic nitrogens is 1. The van der Waals surface area contributed by atoms with Crippen molar-refractivity contribution in [1.82, 2.24) is 10.4 Å². The monoisotopic (exact) mass is 380 g/mol. The molecule has 1 N–H and O–H groups in total. The number of amides is 1. The minimum atomic E-state index is -0.404. The molecule has 1 heterocycles. The molecule has 0 spiro atoms. The van der Waals surface area contributed by atoms with Gasteiger partial charge in [-0.05, 0) is 45.8 Å². The number of benzene rings is 1. The third kappa shape index (κ3) is 4.05. The second-order valence-corrected chi connectivity index (χ2v) is 5.86. The summed E-state index contributed by atoms with van der Waals surface area (Å²) >= 11 is 9.35. The zero-order valence-corrected chi connectivity index (χ0v) is 14.4. The Labute approximate surface area is 142 Å². The number of rotatable bonds is 4. The highest BCUT2D eigenvalue weighted by Gasteiger charge is 2.09. The van der Waals surface area contributed by atoms with E-state index in [1.54, 1.807) is 18.3 Å². The fourth-order valence-corrected chi connectivity index (χ4v) is 2.70. The largest absolute Gasteiger partial charge is 0.377 e. The fourth-order valence-electron chi connectivity index (χ4n) is 1.75. The highest BCUT2D eigenvalue weighted by atomic mass is 79.9. The van der Waals surface area contributed by atoms with E-state index in [0.717, 1.165) is 15.7 Å². The fraction of sp³-hybridized carbons (Fsp3) is 0.133. The molecular weight excluding hydrogens is 368 g/mol. The van der Waals surface area contributed by atoms with Gasteiger partial charge in [-0.2, -0.15) is 5.10 Å². The number of pyridine rings is 1. The van der Waals surface area contributed by atoms with Crippen LogP contribution in [-0.4, -0.2) is 31.2 Å². The number of carbonyl (C=O) groups excluding carboxylic acids is 1. The maximum absolute atomic E-state index is 11.9. The standard InChI is InChI=1S/C15H14BrClN4O/c1-21(2)13-6-5-10(8-12(13)16)9-19-20-15(22)11-4-3-7-18-14(11)17/h3-9H,1-2H3,(H,20,22). The molecule has 1 aromatic heterocycles. The van der Waals surface area contributed by atoms with Crippen LogP contribution in [0.1, 0.15) is 15.9 Å². The molecule has 7 heteroatoms. The molecule has 0 saturated carbocycles. The summed E-state index contributed by atoms with van der Waals surface area (Å²) in [6.07, 6.45) is 3.08. The number of halogens is 2. The van der Waals surface area contributed by atoms with Gasteiger partial charge < -0.3 is 4.90 Å². The van der Waals surface area contributed by atoms with Crippen LogP contribution in [0.15, 0.2) is 46.1 Å². The maximum atomic E-state index is 11.9. The van der Waals surface area contributed by atoms with Crippen LogP contribution < -0.4 is 10.3 Å². The summed E-state index contributed by atoms with van der Waals surface area (Å²) in [5, 5.41) is 4.08. The number of nitrogens with zero attached hydrogens (tertiary/aromatic N) is 3. The number of hydrazone groups is 1. The lowest BCUT2D eigenvalue weighted by Crippen LogP contribution is -2.18. The van der Waals surface area contributed by atoms with Crippen molar-refractivity contribution in [2.75, 3.05) is 19.0 Å². The number of hydrogen-bond donors (Lipinski definition) is 1. The summed E-state index contributed by atoms with van der Waals surface area (Å²) in [6.45, 7) is 0. The highest BCUT2D eigenvalue weighted by Crippen LogP contribution is 2.25. The van der Waals surface area contributed by atoms with Crippen molar-refractivity contribution in [2.45, 2.75) is 0 Å². The van der Waals surface area contributed by atoms with Crippen molar-refractivity contribution in [1.29, 1.82) is 0 Å². The zero-order valence-electron chi connectivity index (χ0n) is 12.0. The van der Waals surface area contributed by atoms with Crippen molar-refractivity contribution in [2.24, 2.45) is 5.10 Å². The van der Waals surface area contributed by atoms with E-state index in [2.05, 4.69) is 31.4 Å². The molecule has 22 heavy (non-hydrogen) atoms. The molecule has 0 unspecified atom stereocenters. The van der Waals surface area contributed by atoms with Gasteiger partial charge in [0.1, 0.15) is 5.15 Å². The Hall–Kier alpha value is -1.92. The Morgan fingerprint density at radius 2 is 2.18 bits per heavy atom. The first-order chi connectivity index (χ1) is 10.5. The predicted molar refractivity (Wildman–Crippen MR) is 92.8 cm³/mol. The van der Waals surface area contributed by atoms with Crippen LogP contribution in [-0.2, 0) is 0 Å². The molecule has 0 aliphatic heterocycles. The molecule has 2 rings (SSSR count). The summed E-state index contributed by atoms with van der Waals surface area (Å²) in [7, 11) is 3.93. The summed E-state index contributed by atoms with van der Waals surface area (Å²) in [6, 6.07) is 9.02. The summed E-state index contributed by atoms with van der Waals surface area (Å²) in [4.78, 5) is 17.7. The normalized spacial score (nSPS) is 10.7. The van der Waals surface area contributed by atoms with E-state index in [4.69, 9.17) is 11.6 Å². The molecule has 0 aliphatic carbocycles. The molecule has 0 saturated heterocycles. The first kappa shape index (κ1) is 16.5. The summed E-state index contributed by atoms with van der Waals surface area (Å²) in [5.41, 5.74) is 4.62. The average molecular weight is 382 g/mol. The molecule has 5 nitrogen and oxygen atoms in total. The van der Waals surface area contributed by atoms with Crippen molar-refractivity contribution in [3.05, 3.63) is 57.3 Å². The first-order valence-corrected chi connectivity index (χ1v) is 7.57. The van der Waals surface area contributed by atoms with Gasteiger partial charge in [-0.1, -0.05) is 17.7 Å².